The van der Waals surface area contributed by atoms with Crippen molar-refractivity contribution in [1.29, 1.82) is 0 Å². The van der Waals surface area contributed by atoms with Crippen LogP contribution in [0.4, 0.5) is 0 Å². The van der Waals surface area contributed by atoms with Gasteiger partial charge in [-0.05, 0) is 37.6 Å². The summed E-state index contributed by atoms with van der Waals surface area (Å²) in [5, 5.41) is 6.73. The lowest BCUT2D eigenvalue weighted by atomic mass is 10.1. The largest absolute Gasteiger partial charge is 0.359 e. The number of hydrogen-bond acceptors (Lipinski definition) is 2. The molecule has 2 N–H and O–H groups in total. The molecule has 1 rings (SSSR count). The van der Waals surface area contributed by atoms with Crippen molar-refractivity contribution in [2.24, 2.45) is 0 Å². The lowest BCUT2D eigenvalue weighted by Crippen LogP contribution is -2.23. The average Bonchev–Trinajstić information content (AvgIpc) is 2.34. The molecule has 1 aromatic carbocycles. The fraction of sp³-hybridized carbons (Fsp3) is 0.462. The minimum atomic E-state index is 0.0888. The van der Waals surface area contributed by atoms with Crippen LogP contribution in [-0.4, -0.2) is 19.5 Å². The van der Waals surface area contributed by atoms with E-state index in [1.807, 2.05) is 24.3 Å². The number of rotatable bonds is 6. The smallest absolute Gasteiger partial charge is 0.219 e. The summed E-state index contributed by atoms with van der Waals surface area (Å²) in [6, 6.07) is 8.08. The first kappa shape index (κ1) is 14.0. The number of hydrogen-bond donors (Lipinski definition) is 2. The van der Waals surface area contributed by atoms with Crippen LogP contribution in [-0.2, 0) is 4.79 Å². The van der Waals surface area contributed by atoms with Gasteiger partial charge in [0, 0.05) is 24.5 Å². The van der Waals surface area contributed by atoms with Crippen LogP contribution in [0.1, 0.15) is 31.4 Å². The van der Waals surface area contributed by atoms with Gasteiger partial charge in [0.2, 0.25) is 5.91 Å². The molecule has 0 spiro atoms. The van der Waals surface area contributed by atoms with Gasteiger partial charge in [-0.2, -0.15) is 0 Å². The summed E-state index contributed by atoms with van der Waals surface area (Å²) < 4.78 is 0. The Morgan fingerprint density at radius 1 is 1.35 bits per heavy atom. The van der Waals surface area contributed by atoms with Crippen LogP contribution >= 0.6 is 11.6 Å². The van der Waals surface area contributed by atoms with Gasteiger partial charge in [0.15, 0.2) is 0 Å². The zero-order valence-electron chi connectivity index (χ0n) is 10.3. The van der Waals surface area contributed by atoms with Crippen LogP contribution < -0.4 is 10.6 Å². The summed E-state index contributed by atoms with van der Waals surface area (Å²) in [6.07, 6.45) is 1.41. The fourth-order valence-corrected chi connectivity index (χ4v) is 1.69. The maximum Gasteiger partial charge on any atom is 0.219 e. The van der Waals surface area contributed by atoms with Crippen molar-refractivity contribution in [2.45, 2.75) is 25.8 Å². The second kappa shape index (κ2) is 7.30. The fourth-order valence-electron chi connectivity index (χ4n) is 1.56. The third-order valence-electron chi connectivity index (χ3n) is 2.68. The van der Waals surface area contributed by atoms with E-state index < -0.39 is 0 Å². The van der Waals surface area contributed by atoms with E-state index in [1.165, 1.54) is 5.56 Å². The van der Waals surface area contributed by atoms with Gasteiger partial charge in [-0.1, -0.05) is 23.7 Å². The van der Waals surface area contributed by atoms with Gasteiger partial charge < -0.3 is 10.6 Å². The second-order valence-corrected chi connectivity index (χ2v) is 4.44. The van der Waals surface area contributed by atoms with Gasteiger partial charge in [-0.3, -0.25) is 4.79 Å². The average molecular weight is 255 g/mol. The molecule has 1 aromatic rings. The molecule has 94 valence electrons. The van der Waals surface area contributed by atoms with Crippen LogP contribution in [0.2, 0.25) is 5.02 Å². The zero-order valence-corrected chi connectivity index (χ0v) is 11.1. The van der Waals surface area contributed by atoms with E-state index in [1.54, 1.807) is 7.05 Å². The molecule has 0 saturated carbocycles. The highest BCUT2D eigenvalue weighted by Crippen LogP contribution is 2.15. The van der Waals surface area contributed by atoms with Gasteiger partial charge in [0.1, 0.15) is 0 Å². The molecule has 0 aliphatic heterocycles. The number of halogens is 1. The highest BCUT2D eigenvalue weighted by Gasteiger charge is 2.04. The molecule has 0 fully saturated rings. The Kier molecular flexibility index (Phi) is 6.01. The molecule has 0 heterocycles. The Hall–Kier alpha value is -1.06. The van der Waals surface area contributed by atoms with E-state index in [0.29, 0.717) is 6.42 Å². The van der Waals surface area contributed by atoms with E-state index >= 15 is 0 Å². The molecule has 0 aliphatic carbocycles. The standard InChI is InChI=1S/C13H19ClN2O/c1-10(11-5-7-12(14)8-6-11)16-9-3-4-13(17)15-2/h5-8,10,16H,3-4,9H2,1-2H3,(H,15,17). The minimum Gasteiger partial charge on any atom is -0.359 e. The molecular weight excluding hydrogens is 236 g/mol. The Labute approximate surface area is 108 Å². The van der Waals surface area contributed by atoms with Gasteiger partial charge in [-0.15, -0.1) is 0 Å². The molecule has 3 nitrogen and oxygen atoms in total. The van der Waals surface area contributed by atoms with Crippen molar-refractivity contribution in [3.05, 3.63) is 34.9 Å². The lowest BCUT2D eigenvalue weighted by Gasteiger charge is -2.14. The quantitative estimate of drug-likeness (QED) is 0.766. The Morgan fingerprint density at radius 3 is 2.59 bits per heavy atom. The van der Waals surface area contributed by atoms with Crippen molar-refractivity contribution in [1.82, 2.24) is 10.6 Å². The van der Waals surface area contributed by atoms with E-state index in [2.05, 4.69) is 17.6 Å². The summed E-state index contributed by atoms with van der Waals surface area (Å²) in [7, 11) is 1.66. The second-order valence-electron chi connectivity index (χ2n) is 4.00. The first-order valence-corrected chi connectivity index (χ1v) is 6.20. The van der Waals surface area contributed by atoms with Crippen LogP contribution in [0, 0.1) is 0 Å². The molecule has 0 radical (unpaired) electrons. The maximum atomic E-state index is 11.0. The van der Waals surface area contributed by atoms with Crippen molar-refractivity contribution in [3.8, 4) is 0 Å². The van der Waals surface area contributed by atoms with Crippen molar-refractivity contribution in [2.75, 3.05) is 13.6 Å². The zero-order chi connectivity index (χ0) is 12.7. The molecule has 1 atom stereocenters. The number of benzene rings is 1. The summed E-state index contributed by atoms with van der Waals surface area (Å²) >= 11 is 5.83. The topological polar surface area (TPSA) is 41.1 Å². The molecule has 1 amide bonds. The van der Waals surface area contributed by atoms with Crippen LogP contribution in [0.15, 0.2) is 24.3 Å². The predicted molar refractivity (Wildman–Crippen MR) is 71.2 cm³/mol. The van der Waals surface area contributed by atoms with Crippen LogP contribution in [0.5, 0.6) is 0 Å². The lowest BCUT2D eigenvalue weighted by molar-refractivity contribution is -0.120. The van der Waals surface area contributed by atoms with E-state index in [4.69, 9.17) is 11.6 Å². The predicted octanol–water partition coefficient (Wildman–Crippen LogP) is 2.52. The highest BCUT2D eigenvalue weighted by atomic mass is 35.5. The summed E-state index contributed by atoms with van der Waals surface area (Å²) in [4.78, 5) is 11.0. The monoisotopic (exact) mass is 254 g/mol. The number of nitrogens with one attached hydrogen (secondary N) is 2. The summed E-state index contributed by atoms with van der Waals surface area (Å²) in [5.74, 6) is 0.0888. The molecular formula is C13H19ClN2O. The van der Waals surface area contributed by atoms with Crippen LogP contribution in [0.25, 0.3) is 0 Å². The van der Waals surface area contributed by atoms with Gasteiger partial charge in [-0.25, -0.2) is 0 Å². The molecule has 0 aromatic heterocycles. The third-order valence-corrected chi connectivity index (χ3v) is 2.93. The Balaban J connectivity index is 2.27. The van der Waals surface area contributed by atoms with Crippen molar-refractivity contribution >= 4 is 17.5 Å². The first-order valence-electron chi connectivity index (χ1n) is 5.83. The number of carbonyl (C=O) groups is 1. The third kappa shape index (κ3) is 5.20. The summed E-state index contributed by atoms with van der Waals surface area (Å²) in [5.41, 5.74) is 1.20. The summed E-state index contributed by atoms with van der Waals surface area (Å²) in [6.45, 7) is 2.93. The van der Waals surface area contributed by atoms with Crippen LogP contribution in [0.3, 0.4) is 0 Å². The maximum absolute atomic E-state index is 11.0. The van der Waals surface area contributed by atoms with Gasteiger partial charge in [0.25, 0.3) is 0 Å². The van der Waals surface area contributed by atoms with Crippen molar-refractivity contribution < 1.29 is 4.79 Å². The van der Waals surface area contributed by atoms with Gasteiger partial charge >= 0.3 is 0 Å². The van der Waals surface area contributed by atoms with Crippen molar-refractivity contribution in [3.63, 3.8) is 0 Å². The molecule has 0 aliphatic rings. The molecule has 0 bridgehead atoms. The highest BCUT2D eigenvalue weighted by molar-refractivity contribution is 6.30. The first-order chi connectivity index (χ1) is 8.13. The molecule has 17 heavy (non-hydrogen) atoms. The molecule has 4 heteroatoms. The van der Waals surface area contributed by atoms with E-state index in [-0.39, 0.29) is 11.9 Å². The number of carbonyl (C=O) groups excluding carboxylic acids is 1. The molecule has 1 unspecified atom stereocenters. The van der Waals surface area contributed by atoms with E-state index in [0.717, 1.165) is 18.0 Å². The Morgan fingerprint density at radius 2 is 2.00 bits per heavy atom. The number of amides is 1. The minimum absolute atomic E-state index is 0.0888. The Bertz CT molecular complexity index is 351. The SMILES string of the molecule is CNC(=O)CCCNC(C)c1ccc(Cl)cc1. The van der Waals surface area contributed by atoms with Gasteiger partial charge in [0.05, 0.1) is 0 Å². The molecule has 0 saturated heterocycles. The van der Waals surface area contributed by atoms with E-state index in [9.17, 15) is 4.79 Å². The normalized spacial score (nSPS) is 12.2.